The van der Waals surface area contributed by atoms with Gasteiger partial charge in [-0.1, -0.05) is 13.2 Å². The summed E-state index contributed by atoms with van der Waals surface area (Å²) in [4.78, 5) is 0. The molecule has 2 N–H and O–H groups in total. The second kappa shape index (κ2) is 3.66. The summed E-state index contributed by atoms with van der Waals surface area (Å²) in [5.74, 6) is 0. The van der Waals surface area contributed by atoms with Crippen molar-refractivity contribution < 1.29 is 18.6 Å². The molecule has 5 heteroatoms. The standard InChI is InChI=1S/C6H10O4S/c1-3-5(7)11(9,10)6(8)4-2/h3-8H,1-2H2. The van der Waals surface area contributed by atoms with Gasteiger partial charge in [-0.05, 0) is 12.2 Å². The number of rotatable bonds is 4. The summed E-state index contributed by atoms with van der Waals surface area (Å²) in [7, 11) is -3.96. The molecule has 0 bridgehead atoms. The van der Waals surface area contributed by atoms with Crippen LogP contribution in [0.3, 0.4) is 0 Å². The Labute approximate surface area is 65.4 Å². The zero-order valence-electron chi connectivity index (χ0n) is 5.84. The highest BCUT2D eigenvalue weighted by atomic mass is 32.2. The predicted molar refractivity (Wildman–Crippen MR) is 41.3 cm³/mol. The number of aliphatic hydroxyl groups is 2. The molecule has 0 aromatic rings. The van der Waals surface area contributed by atoms with Gasteiger partial charge in [-0.3, -0.25) is 0 Å². The molecular weight excluding hydrogens is 168 g/mol. The molecule has 2 atom stereocenters. The van der Waals surface area contributed by atoms with Crippen LogP contribution >= 0.6 is 0 Å². The van der Waals surface area contributed by atoms with E-state index in [1.807, 2.05) is 0 Å². The van der Waals surface area contributed by atoms with E-state index in [4.69, 9.17) is 10.2 Å². The fourth-order valence-electron chi connectivity index (χ4n) is 0.411. The Kier molecular flexibility index (Phi) is 3.44. The highest BCUT2D eigenvalue weighted by molar-refractivity contribution is 7.92. The van der Waals surface area contributed by atoms with Crippen LogP contribution in [0.15, 0.2) is 25.3 Å². The molecule has 0 aliphatic carbocycles. The summed E-state index contributed by atoms with van der Waals surface area (Å²) in [5.41, 5.74) is -3.48. The highest BCUT2D eigenvalue weighted by Crippen LogP contribution is 2.06. The van der Waals surface area contributed by atoms with Gasteiger partial charge in [0.1, 0.15) is 0 Å². The summed E-state index contributed by atoms with van der Waals surface area (Å²) < 4.78 is 21.7. The average Bonchev–Trinajstić information content (AvgIpc) is 2.01. The van der Waals surface area contributed by atoms with Crippen LogP contribution in [0.25, 0.3) is 0 Å². The van der Waals surface area contributed by atoms with Gasteiger partial charge in [0.05, 0.1) is 0 Å². The van der Waals surface area contributed by atoms with Gasteiger partial charge in [-0.15, -0.1) is 0 Å². The first kappa shape index (κ1) is 10.3. The second-order valence-corrected chi connectivity index (χ2v) is 3.99. The molecule has 2 unspecified atom stereocenters. The van der Waals surface area contributed by atoms with E-state index in [1.54, 1.807) is 0 Å². The summed E-state index contributed by atoms with van der Waals surface area (Å²) >= 11 is 0. The Morgan fingerprint density at radius 3 is 1.55 bits per heavy atom. The first-order valence-electron chi connectivity index (χ1n) is 2.80. The number of aliphatic hydroxyl groups excluding tert-OH is 2. The number of sulfone groups is 1. The van der Waals surface area contributed by atoms with Gasteiger partial charge in [0, 0.05) is 0 Å². The van der Waals surface area contributed by atoms with Crippen molar-refractivity contribution in [2.75, 3.05) is 0 Å². The van der Waals surface area contributed by atoms with Crippen LogP contribution in [0.1, 0.15) is 0 Å². The lowest BCUT2D eigenvalue weighted by atomic mass is 10.7. The third kappa shape index (κ3) is 2.14. The van der Waals surface area contributed by atoms with Crippen molar-refractivity contribution in [3.8, 4) is 0 Å². The molecule has 0 aliphatic rings. The Bertz CT molecular complexity index is 221. The lowest BCUT2D eigenvalue weighted by Crippen LogP contribution is -2.28. The quantitative estimate of drug-likeness (QED) is 0.564. The molecule has 0 heterocycles. The van der Waals surface area contributed by atoms with E-state index in [0.29, 0.717) is 0 Å². The van der Waals surface area contributed by atoms with Crippen LogP contribution in [0, 0.1) is 0 Å². The smallest absolute Gasteiger partial charge is 0.210 e. The maximum Gasteiger partial charge on any atom is 0.210 e. The zero-order valence-corrected chi connectivity index (χ0v) is 6.66. The number of hydrogen-bond donors (Lipinski definition) is 2. The molecule has 0 aliphatic heterocycles. The van der Waals surface area contributed by atoms with Crippen molar-refractivity contribution in [3.05, 3.63) is 25.3 Å². The minimum Gasteiger partial charge on any atom is -0.373 e. The van der Waals surface area contributed by atoms with Crippen LogP contribution in [0.4, 0.5) is 0 Å². The van der Waals surface area contributed by atoms with E-state index in [1.165, 1.54) is 0 Å². The molecule has 4 nitrogen and oxygen atoms in total. The van der Waals surface area contributed by atoms with E-state index in [2.05, 4.69) is 13.2 Å². The summed E-state index contributed by atoms with van der Waals surface area (Å²) in [6, 6.07) is 0. The Balaban J connectivity index is 4.73. The maximum absolute atomic E-state index is 10.9. The monoisotopic (exact) mass is 178 g/mol. The SMILES string of the molecule is C=CC(O)S(=O)(=O)C(O)C=C. The van der Waals surface area contributed by atoms with Gasteiger partial charge >= 0.3 is 0 Å². The van der Waals surface area contributed by atoms with E-state index in [9.17, 15) is 8.42 Å². The molecule has 11 heavy (non-hydrogen) atoms. The predicted octanol–water partition coefficient (Wildman–Crippen LogP) is -0.590. The lowest BCUT2D eigenvalue weighted by Gasteiger charge is -2.09. The molecular formula is C6H10O4S. The Hall–Kier alpha value is -0.650. The molecule has 0 spiro atoms. The normalized spacial score (nSPS) is 16.9. The average molecular weight is 178 g/mol. The molecule has 0 radical (unpaired) electrons. The Morgan fingerprint density at radius 2 is 1.36 bits per heavy atom. The van der Waals surface area contributed by atoms with Crippen molar-refractivity contribution in [3.63, 3.8) is 0 Å². The third-order valence-corrected chi connectivity index (χ3v) is 2.81. The highest BCUT2D eigenvalue weighted by Gasteiger charge is 2.26. The minimum atomic E-state index is -3.96. The molecule has 0 saturated heterocycles. The van der Waals surface area contributed by atoms with Crippen molar-refractivity contribution >= 4 is 9.84 Å². The van der Waals surface area contributed by atoms with E-state index in [0.717, 1.165) is 12.2 Å². The molecule has 0 saturated carbocycles. The minimum absolute atomic E-state index is 0.821. The van der Waals surface area contributed by atoms with Crippen LogP contribution in [-0.4, -0.2) is 29.5 Å². The van der Waals surface area contributed by atoms with Crippen molar-refractivity contribution in [1.29, 1.82) is 0 Å². The fourth-order valence-corrected chi connectivity index (χ4v) is 1.23. The van der Waals surface area contributed by atoms with E-state index in [-0.39, 0.29) is 0 Å². The molecule has 0 aromatic heterocycles. The van der Waals surface area contributed by atoms with E-state index < -0.39 is 20.7 Å². The number of hydrogen-bond acceptors (Lipinski definition) is 4. The molecule has 0 fully saturated rings. The largest absolute Gasteiger partial charge is 0.373 e. The summed E-state index contributed by atoms with van der Waals surface area (Å²) in [6.07, 6.45) is 1.64. The first-order valence-corrected chi connectivity index (χ1v) is 4.41. The molecule has 0 rings (SSSR count). The molecule has 0 amide bonds. The van der Waals surface area contributed by atoms with Gasteiger partial charge in [-0.25, -0.2) is 8.42 Å². The van der Waals surface area contributed by atoms with Gasteiger partial charge in [-0.2, -0.15) is 0 Å². The Morgan fingerprint density at radius 1 is 1.09 bits per heavy atom. The topological polar surface area (TPSA) is 74.6 Å². The fraction of sp³-hybridized carbons (Fsp3) is 0.333. The van der Waals surface area contributed by atoms with Gasteiger partial charge in [0.2, 0.25) is 9.84 Å². The maximum atomic E-state index is 10.9. The van der Waals surface area contributed by atoms with Crippen molar-refractivity contribution in [1.82, 2.24) is 0 Å². The van der Waals surface area contributed by atoms with Gasteiger partial charge in [0.15, 0.2) is 10.9 Å². The van der Waals surface area contributed by atoms with Gasteiger partial charge < -0.3 is 10.2 Å². The van der Waals surface area contributed by atoms with Crippen molar-refractivity contribution in [2.24, 2.45) is 0 Å². The zero-order chi connectivity index (χ0) is 9.07. The van der Waals surface area contributed by atoms with Crippen molar-refractivity contribution in [2.45, 2.75) is 10.9 Å². The first-order chi connectivity index (χ1) is 4.96. The van der Waals surface area contributed by atoms with Crippen LogP contribution in [-0.2, 0) is 9.84 Å². The lowest BCUT2D eigenvalue weighted by molar-refractivity contribution is 0.258. The molecule has 64 valence electrons. The van der Waals surface area contributed by atoms with Crippen LogP contribution < -0.4 is 0 Å². The molecule has 0 aromatic carbocycles. The van der Waals surface area contributed by atoms with E-state index >= 15 is 0 Å². The summed E-state index contributed by atoms with van der Waals surface area (Å²) in [5, 5.41) is 17.5. The second-order valence-electron chi connectivity index (χ2n) is 1.84. The van der Waals surface area contributed by atoms with Crippen LogP contribution in [0.5, 0.6) is 0 Å². The third-order valence-electron chi connectivity index (χ3n) is 1.08. The summed E-state index contributed by atoms with van der Waals surface area (Å²) in [6.45, 7) is 6.14. The van der Waals surface area contributed by atoms with Gasteiger partial charge in [0.25, 0.3) is 0 Å². The van der Waals surface area contributed by atoms with Crippen LogP contribution in [0.2, 0.25) is 0 Å².